The van der Waals surface area contributed by atoms with Gasteiger partial charge in [0, 0.05) is 45.4 Å². The Morgan fingerprint density at radius 2 is 2.10 bits per heavy atom. The number of amides is 1. The predicted octanol–water partition coefficient (Wildman–Crippen LogP) is 1.02. The lowest BCUT2D eigenvalue weighted by atomic mass is 10.0. The van der Waals surface area contributed by atoms with E-state index in [1.54, 1.807) is 0 Å². The molecule has 0 spiro atoms. The van der Waals surface area contributed by atoms with Crippen molar-refractivity contribution < 1.29 is 9.32 Å². The Balaban J connectivity index is 1.39. The Morgan fingerprint density at radius 1 is 1.33 bits per heavy atom. The Morgan fingerprint density at radius 3 is 2.81 bits per heavy atom. The van der Waals surface area contributed by atoms with Gasteiger partial charge in [-0.1, -0.05) is 12.1 Å². The molecule has 2 aliphatic heterocycles. The lowest BCUT2D eigenvalue weighted by molar-refractivity contribution is -0.130. The van der Waals surface area contributed by atoms with E-state index in [0.29, 0.717) is 30.6 Å². The summed E-state index contributed by atoms with van der Waals surface area (Å²) in [7, 11) is 0. The first kappa shape index (κ1) is 14.5. The van der Waals surface area contributed by atoms with Gasteiger partial charge >= 0.3 is 0 Å². The summed E-state index contributed by atoms with van der Waals surface area (Å²) < 4.78 is 5.19. The fourth-order valence-electron chi connectivity index (χ4n) is 3.32. The molecule has 0 unspecified atom stereocenters. The van der Waals surface area contributed by atoms with Crippen molar-refractivity contribution in [3.8, 4) is 0 Å². The summed E-state index contributed by atoms with van der Waals surface area (Å²) in [6.45, 7) is 6.08. The molecule has 2 aliphatic rings. The fraction of sp³-hybridized carbons (Fsp3) is 0.800. The number of likely N-dealkylation sites (tertiary alicyclic amines) is 1. The number of carbonyl (C=O) groups excluding carboxylic acids is 1. The summed E-state index contributed by atoms with van der Waals surface area (Å²) in [6.07, 6.45) is 3.94. The molecule has 116 valence electrons. The molecule has 0 aliphatic carbocycles. The Labute approximate surface area is 125 Å². The number of aromatic nitrogens is 2. The maximum atomic E-state index is 12.2. The van der Waals surface area contributed by atoms with Gasteiger partial charge in [-0.25, -0.2) is 0 Å². The molecule has 0 radical (unpaired) electrons. The van der Waals surface area contributed by atoms with Crippen LogP contribution in [-0.4, -0.2) is 47.1 Å². The molecule has 0 bridgehead atoms. The maximum Gasteiger partial charge on any atom is 0.226 e. The molecular weight excluding hydrogens is 268 g/mol. The van der Waals surface area contributed by atoms with Crippen LogP contribution in [0.1, 0.15) is 37.9 Å². The third kappa shape index (κ3) is 3.43. The number of carbonyl (C=O) groups is 1. The number of nitrogens with one attached hydrogen (secondary N) is 1. The average molecular weight is 292 g/mol. The van der Waals surface area contributed by atoms with E-state index in [2.05, 4.69) is 22.4 Å². The standard InChI is InChI=1S/C15H24N4O2/c1-2-4-13-17-14(21-18-13)5-3-6-15(20)19-9-11-7-16-8-12(11)10-19/h11-12,16H,2-10H2,1H3/t11-,12+. The minimum absolute atomic E-state index is 0.276. The van der Waals surface area contributed by atoms with Crippen molar-refractivity contribution in [3.05, 3.63) is 11.7 Å². The topological polar surface area (TPSA) is 71.3 Å². The molecular formula is C15H24N4O2. The summed E-state index contributed by atoms with van der Waals surface area (Å²) in [5, 5.41) is 7.33. The first-order chi connectivity index (χ1) is 10.3. The van der Waals surface area contributed by atoms with Crippen molar-refractivity contribution in [2.45, 2.75) is 39.0 Å². The van der Waals surface area contributed by atoms with Crippen molar-refractivity contribution in [1.29, 1.82) is 0 Å². The smallest absolute Gasteiger partial charge is 0.226 e. The summed E-state index contributed by atoms with van der Waals surface area (Å²) in [6, 6.07) is 0. The van der Waals surface area contributed by atoms with Crippen molar-refractivity contribution in [1.82, 2.24) is 20.4 Å². The van der Waals surface area contributed by atoms with E-state index in [0.717, 1.165) is 51.3 Å². The van der Waals surface area contributed by atoms with Gasteiger partial charge in [-0.05, 0) is 24.7 Å². The Hall–Kier alpha value is -1.43. The second kappa shape index (κ2) is 6.56. The van der Waals surface area contributed by atoms with Gasteiger partial charge in [-0.3, -0.25) is 4.79 Å². The number of hydrogen-bond acceptors (Lipinski definition) is 5. The normalized spacial score (nSPS) is 24.5. The Bertz CT molecular complexity index is 476. The molecule has 0 saturated carbocycles. The number of rotatable bonds is 6. The van der Waals surface area contributed by atoms with E-state index < -0.39 is 0 Å². The van der Waals surface area contributed by atoms with Crippen molar-refractivity contribution in [3.63, 3.8) is 0 Å². The van der Waals surface area contributed by atoms with Crippen LogP contribution in [0.4, 0.5) is 0 Å². The molecule has 0 aromatic carbocycles. The van der Waals surface area contributed by atoms with Crippen LogP contribution in [0, 0.1) is 11.8 Å². The summed E-state index contributed by atoms with van der Waals surface area (Å²) in [4.78, 5) is 18.6. The van der Waals surface area contributed by atoms with Gasteiger partial charge in [0.05, 0.1) is 0 Å². The highest BCUT2D eigenvalue weighted by atomic mass is 16.5. The lowest BCUT2D eigenvalue weighted by Gasteiger charge is -2.17. The summed E-state index contributed by atoms with van der Waals surface area (Å²) in [5.74, 6) is 3.05. The molecule has 6 nitrogen and oxygen atoms in total. The van der Waals surface area contributed by atoms with Crippen LogP contribution in [0.25, 0.3) is 0 Å². The summed E-state index contributed by atoms with van der Waals surface area (Å²) in [5.41, 5.74) is 0. The molecule has 6 heteroatoms. The van der Waals surface area contributed by atoms with Crippen LogP contribution in [0.5, 0.6) is 0 Å². The second-order valence-corrected chi connectivity index (χ2v) is 6.19. The van der Waals surface area contributed by atoms with Gasteiger partial charge in [0.1, 0.15) is 0 Å². The number of fused-ring (bicyclic) bond motifs is 1. The first-order valence-electron chi connectivity index (χ1n) is 8.06. The van der Waals surface area contributed by atoms with Gasteiger partial charge in [-0.2, -0.15) is 4.98 Å². The van der Waals surface area contributed by atoms with E-state index in [1.165, 1.54) is 0 Å². The van der Waals surface area contributed by atoms with Gasteiger partial charge in [-0.15, -0.1) is 0 Å². The third-order valence-corrected chi connectivity index (χ3v) is 4.51. The number of nitrogens with zero attached hydrogens (tertiary/aromatic N) is 3. The van der Waals surface area contributed by atoms with Gasteiger partial charge < -0.3 is 14.7 Å². The van der Waals surface area contributed by atoms with Crippen LogP contribution in [-0.2, 0) is 17.6 Å². The van der Waals surface area contributed by atoms with Gasteiger partial charge in [0.15, 0.2) is 5.82 Å². The molecule has 2 saturated heterocycles. The molecule has 21 heavy (non-hydrogen) atoms. The van der Waals surface area contributed by atoms with Crippen molar-refractivity contribution >= 4 is 5.91 Å². The van der Waals surface area contributed by atoms with Crippen molar-refractivity contribution in [2.24, 2.45) is 11.8 Å². The minimum Gasteiger partial charge on any atom is -0.342 e. The third-order valence-electron chi connectivity index (χ3n) is 4.51. The quantitative estimate of drug-likeness (QED) is 0.847. The molecule has 2 fully saturated rings. The predicted molar refractivity (Wildman–Crippen MR) is 77.7 cm³/mol. The molecule has 1 amide bonds. The molecule has 1 aromatic heterocycles. The SMILES string of the molecule is CCCc1noc(CCCC(=O)N2C[C@H]3CNC[C@H]3C2)n1. The van der Waals surface area contributed by atoms with Crippen LogP contribution in [0.3, 0.4) is 0 Å². The van der Waals surface area contributed by atoms with E-state index in [4.69, 9.17) is 4.52 Å². The van der Waals surface area contributed by atoms with Crippen molar-refractivity contribution in [2.75, 3.05) is 26.2 Å². The average Bonchev–Trinajstić information content (AvgIpc) is 3.13. The molecule has 2 atom stereocenters. The fourth-order valence-corrected chi connectivity index (χ4v) is 3.32. The molecule has 1 N–H and O–H groups in total. The minimum atomic E-state index is 0.276. The highest BCUT2D eigenvalue weighted by Crippen LogP contribution is 2.26. The zero-order chi connectivity index (χ0) is 14.7. The van der Waals surface area contributed by atoms with Crippen LogP contribution in [0.2, 0.25) is 0 Å². The van der Waals surface area contributed by atoms with Crippen LogP contribution < -0.4 is 5.32 Å². The molecule has 3 heterocycles. The largest absolute Gasteiger partial charge is 0.342 e. The number of aryl methyl sites for hydroxylation is 2. The van der Waals surface area contributed by atoms with E-state index in [1.807, 2.05) is 4.90 Å². The molecule has 1 aromatic rings. The van der Waals surface area contributed by atoms with Gasteiger partial charge in [0.2, 0.25) is 11.8 Å². The van der Waals surface area contributed by atoms with E-state index in [9.17, 15) is 4.79 Å². The first-order valence-corrected chi connectivity index (χ1v) is 8.06. The van der Waals surface area contributed by atoms with Crippen LogP contribution in [0.15, 0.2) is 4.52 Å². The number of hydrogen-bond donors (Lipinski definition) is 1. The second-order valence-electron chi connectivity index (χ2n) is 6.19. The van der Waals surface area contributed by atoms with E-state index in [-0.39, 0.29) is 5.91 Å². The summed E-state index contributed by atoms with van der Waals surface area (Å²) >= 11 is 0. The lowest BCUT2D eigenvalue weighted by Crippen LogP contribution is -2.31. The zero-order valence-electron chi connectivity index (χ0n) is 12.7. The van der Waals surface area contributed by atoms with E-state index >= 15 is 0 Å². The molecule has 3 rings (SSSR count). The Kier molecular flexibility index (Phi) is 4.53. The highest BCUT2D eigenvalue weighted by molar-refractivity contribution is 5.76. The van der Waals surface area contributed by atoms with Gasteiger partial charge in [0.25, 0.3) is 0 Å². The highest BCUT2D eigenvalue weighted by Gasteiger charge is 2.37. The van der Waals surface area contributed by atoms with Crippen LogP contribution >= 0.6 is 0 Å². The maximum absolute atomic E-state index is 12.2. The zero-order valence-corrected chi connectivity index (χ0v) is 12.7. The monoisotopic (exact) mass is 292 g/mol.